The standard InChI is InChI=1S/C14H16FN2O2.C2H6/c1-2-11(15)9-19-13-5-3-10(4-6-13)14-16-7-12(18)8-17-14;1-2/h3-8,11,16,18H,2,9H2,1H3;1-2H3/t11-;/m1./s1. The number of aliphatic imine (C=N–C) groups is 1. The molecule has 1 aliphatic heterocycles. The summed E-state index contributed by atoms with van der Waals surface area (Å²) in [6, 6.07) is 0. The van der Waals surface area contributed by atoms with Crippen molar-refractivity contribution in [2.45, 2.75) is 33.4 Å². The average Bonchev–Trinajstić information content (AvgIpc) is 2.56. The number of nitrogens with zero attached hydrogens (tertiary/aromatic N) is 1. The Morgan fingerprint density at radius 3 is 2.67 bits per heavy atom. The van der Waals surface area contributed by atoms with E-state index in [2.05, 4.69) is 10.3 Å². The van der Waals surface area contributed by atoms with E-state index in [0.717, 1.165) is 5.57 Å². The predicted octanol–water partition coefficient (Wildman–Crippen LogP) is 3.72. The minimum atomic E-state index is -0.938. The average molecular weight is 293 g/mol. The predicted molar refractivity (Wildman–Crippen MR) is 83.4 cm³/mol. The summed E-state index contributed by atoms with van der Waals surface area (Å²) in [4.78, 5) is 4.06. The fourth-order valence-corrected chi connectivity index (χ4v) is 1.52. The maximum absolute atomic E-state index is 13.0. The molecule has 21 heavy (non-hydrogen) atoms. The van der Waals surface area contributed by atoms with Crippen molar-refractivity contribution in [3.63, 3.8) is 0 Å². The van der Waals surface area contributed by atoms with Crippen LogP contribution in [0.3, 0.4) is 0 Å². The van der Waals surface area contributed by atoms with Crippen LogP contribution in [0.25, 0.3) is 0 Å². The van der Waals surface area contributed by atoms with Gasteiger partial charge in [-0.1, -0.05) is 26.8 Å². The molecule has 0 saturated heterocycles. The van der Waals surface area contributed by atoms with Crippen molar-refractivity contribution in [3.8, 4) is 0 Å². The molecule has 1 heterocycles. The van der Waals surface area contributed by atoms with Gasteiger partial charge in [0.05, 0.1) is 6.21 Å². The number of rotatable bonds is 4. The quantitative estimate of drug-likeness (QED) is 0.830. The molecule has 0 amide bonds. The van der Waals surface area contributed by atoms with Crippen molar-refractivity contribution < 1.29 is 14.2 Å². The second kappa shape index (κ2) is 9.00. The second-order valence-electron chi connectivity index (χ2n) is 4.16. The number of hydrogen-bond donors (Lipinski definition) is 2. The van der Waals surface area contributed by atoms with E-state index in [4.69, 9.17) is 9.84 Å². The van der Waals surface area contributed by atoms with Gasteiger partial charge in [0.1, 0.15) is 30.1 Å². The van der Waals surface area contributed by atoms with Gasteiger partial charge in [0.25, 0.3) is 0 Å². The van der Waals surface area contributed by atoms with E-state index in [1.54, 1.807) is 19.1 Å². The molecule has 1 atom stereocenters. The minimum absolute atomic E-state index is 0.0689. The number of ether oxygens (including phenoxy) is 1. The Balaban J connectivity index is 0.00000106. The Hall–Kier alpha value is -2.04. The number of nitrogens with one attached hydrogen (secondary N) is 1. The van der Waals surface area contributed by atoms with Crippen molar-refractivity contribution in [1.82, 2.24) is 5.32 Å². The summed E-state index contributed by atoms with van der Waals surface area (Å²) in [6.45, 7) is 5.85. The molecule has 5 heteroatoms. The number of aliphatic hydroxyl groups is 1. The first-order chi connectivity index (χ1) is 10.2. The van der Waals surface area contributed by atoms with Crippen molar-refractivity contribution >= 4 is 6.21 Å². The molecule has 2 rings (SSSR count). The van der Waals surface area contributed by atoms with E-state index in [9.17, 15) is 4.39 Å². The molecule has 2 N–H and O–H groups in total. The van der Waals surface area contributed by atoms with Gasteiger partial charge < -0.3 is 15.2 Å². The smallest absolute Gasteiger partial charge is 0.149 e. The molecule has 0 aromatic heterocycles. The van der Waals surface area contributed by atoms with Crippen LogP contribution < -0.4 is 5.32 Å². The molecule has 1 radical (unpaired) electrons. The third kappa shape index (κ3) is 5.45. The first kappa shape index (κ1) is 17.0. The van der Waals surface area contributed by atoms with Crippen LogP contribution >= 0.6 is 0 Å². The highest BCUT2D eigenvalue weighted by atomic mass is 19.1. The number of aliphatic hydroxyl groups excluding tert-OH is 1. The monoisotopic (exact) mass is 293 g/mol. The van der Waals surface area contributed by atoms with E-state index < -0.39 is 6.17 Å². The lowest BCUT2D eigenvalue weighted by molar-refractivity contribution is 0.138. The van der Waals surface area contributed by atoms with Gasteiger partial charge in [-0.2, -0.15) is 0 Å². The highest BCUT2D eigenvalue weighted by Gasteiger charge is 2.11. The SMILES string of the molecule is CC.CC[C@@H](F)COC1=C[CH]/C(=C2\N=CC(O)=CN2)C=C1. The van der Waals surface area contributed by atoms with Gasteiger partial charge in [-0.25, -0.2) is 9.38 Å². The fourth-order valence-electron chi connectivity index (χ4n) is 1.52. The highest BCUT2D eigenvalue weighted by molar-refractivity contribution is 5.77. The summed E-state index contributed by atoms with van der Waals surface area (Å²) >= 11 is 0. The molecule has 0 bridgehead atoms. The summed E-state index contributed by atoms with van der Waals surface area (Å²) in [5.74, 6) is 1.34. The van der Waals surface area contributed by atoms with Gasteiger partial charge in [-0.3, -0.25) is 0 Å². The Morgan fingerprint density at radius 2 is 2.14 bits per heavy atom. The number of hydrogen-bond acceptors (Lipinski definition) is 4. The molecular formula is C16H22FN2O2. The lowest BCUT2D eigenvalue weighted by Gasteiger charge is -2.15. The van der Waals surface area contributed by atoms with Gasteiger partial charge in [0, 0.05) is 18.2 Å². The van der Waals surface area contributed by atoms with Crippen molar-refractivity contribution in [1.29, 1.82) is 0 Å². The van der Waals surface area contributed by atoms with Crippen LogP contribution in [0.2, 0.25) is 0 Å². The lowest BCUT2D eigenvalue weighted by atomic mass is 10.1. The summed E-state index contributed by atoms with van der Waals surface area (Å²) in [5, 5.41) is 12.0. The maximum atomic E-state index is 13.0. The summed E-state index contributed by atoms with van der Waals surface area (Å²) in [7, 11) is 0. The second-order valence-corrected chi connectivity index (χ2v) is 4.16. The maximum Gasteiger partial charge on any atom is 0.149 e. The molecule has 0 unspecified atom stereocenters. The molecule has 1 aliphatic carbocycles. The van der Waals surface area contributed by atoms with E-state index in [-0.39, 0.29) is 12.4 Å². The van der Waals surface area contributed by atoms with E-state index in [1.807, 2.05) is 26.3 Å². The Kier molecular flexibility index (Phi) is 7.29. The van der Waals surface area contributed by atoms with Gasteiger partial charge in [0.15, 0.2) is 0 Å². The van der Waals surface area contributed by atoms with Crippen molar-refractivity contribution in [2.75, 3.05) is 6.61 Å². The van der Waals surface area contributed by atoms with E-state index in [0.29, 0.717) is 18.0 Å². The first-order valence-electron chi connectivity index (χ1n) is 7.13. The number of allylic oxidation sites excluding steroid dienone is 5. The highest BCUT2D eigenvalue weighted by Crippen LogP contribution is 2.20. The Morgan fingerprint density at radius 1 is 1.38 bits per heavy atom. The van der Waals surface area contributed by atoms with E-state index >= 15 is 0 Å². The number of halogens is 1. The molecule has 0 saturated carbocycles. The van der Waals surface area contributed by atoms with Crippen LogP contribution in [-0.4, -0.2) is 24.1 Å². The van der Waals surface area contributed by atoms with Crippen LogP contribution in [0.5, 0.6) is 0 Å². The minimum Gasteiger partial charge on any atom is -0.505 e. The van der Waals surface area contributed by atoms with Gasteiger partial charge >= 0.3 is 0 Å². The molecule has 0 aromatic carbocycles. The molecule has 4 nitrogen and oxygen atoms in total. The van der Waals surface area contributed by atoms with Gasteiger partial charge in [-0.05, 0) is 18.6 Å². The Labute approximate surface area is 125 Å². The normalized spacial score (nSPS) is 21.5. The molecule has 2 aliphatic rings. The summed E-state index contributed by atoms with van der Waals surface area (Å²) in [6.07, 6.45) is 9.51. The molecular weight excluding hydrogens is 271 g/mol. The van der Waals surface area contributed by atoms with Gasteiger partial charge in [0.2, 0.25) is 0 Å². The van der Waals surface area contributed by atoms with Crippen LogP contribution in [0.15, 0.2) is 52.3 Å². The summed E-state index contributed by atoms with van der Waals surface area (Å²) in [5.41, 5.74) is 0.861. The lowest BCUT2D eigenvalue weighted by Crippen LogP contribution is -2.13. The molecule has 0 aromatic rings. The van der Waals surface area contributed by atoms with Crippen molar-refractivity contribution in [3.05, 3.63) is 53.8 Å². The molecule has 0 fully saturated rings. The first-order valence-corrected chi connectivity index (χ1v) is 7.13. The van der Waals surface area contributed by atoms with Gasteiger partial charge in [-0.15, -0.1) is 0 Å². The zero-order valence-corrected chi connectivity index (χ0v) is 12.6. The number of alkyl halides is 1. The largest absolute Gasteiger partial charge is 0.505 e. The third-order valence-corrected chi connectivity index (χ3v) is 2.68. The Bertz CT molecular complexity index is 491. The molecule has 0 spiro atoms. The summed E-state index contributed by atoms with van der Waals surface area (Å²) < 4.78 is 18.4. The fraction of sp³-hybridized carbons (Fsp3) is 0.375. The van der Waals surface area contributed by atoms with Crippen LogP contribution in [0.4, 0.5) is 4.39 Å². The zero-order chi connectivity index (χ0) is 15.7. The van der Waals surface area contributed by atoms with Crippen LogP contribution in [0, 0.1) is 6.42 Å². The van der Waals surface area contributed by atoms with E-state index in [1.165, 1.54) is 12.4 Å². The van der Waals surface area contributed by atoms with Crippen LogP contribution in [0.1, 0.15) is 27.2 Å². The van der Waals surface area contributed by atoms with Crippen molar-refractivity contribution in [2.24, 2.45) is 4.99 Å². The topological polar surface area (TPSA) is 53.9 Å². The zero-order valence-electron chi connectivity index (χ0n) is 12.6. The van der Waals surface area contributed by atoms with Crippen LogP contribution in [-0.2, 0) is 4.74 Å². The third-order valence-electron chi connectivity index (χ3n) is 2.68. The molecule has 115 valence electrons.